The van der Waals surface area contributed by atoms with Gasteiger partial charge in [-0.05, 0) is 0 Å². The number of aromatic hydroxyl groups is 1. The van der Waals surface area contributed by atoms with Gasteiger partial charge in [0, 0.05) is 35.1 Å². The molecule has 0 atom stereocenters. The minimum absolute atomic E-state index is 0.214. The van der Waals surface area contributed by atoms with Gasteiger partial charge < -0.3 is 20.3 Å². The van der Waals surface area contributed by atoms with E-state index < -0.39 is 0 Å². The number of aromatic nitrogens is 2. The van der Waals surface area contributed by atoms with E-state index in [9.17, 15) is 5.11 Å². The van der Waals surface area contributed by atoms with Gasteiger partial charge in [0.2, 0.25) is 0 Å². The number of aromatic amines is 1. The van der Waals surface area contributed by atoms with Crippen LogP contribution in [-0.2, 0) is 12.8 Å². The highest BCUT2D eigenvalue weighted by Gasteiger charge is 2.33. The van der Waals surface area contributed by atoms with E-state index in [0.717, 1.165) is 34.4 Å². The molecule has 4 N–H and O–H groups in total. The van der Waals surface area contributed by atoms with Crippen molar-refractivity contribution in [3.05, 3.63) is 17.3 Å². The lowest BCUT2D eigenvalue weighted by Gasteiger charge is -2.14. The van der Waals surface area contributed by atoms with Crippen molar-refractivity contribution in [2.45, 2.75) is 12.8 Å². The molecule has 98 valence electrons. The number of ether oxygens (including phenoxy) is 2. The fourth-order valence-corrected chi connectivity index (χ4v) is 2.86. The standard InChI is InChI=1S/C13H13N3O3/c14-13-8(5-15-16-13)9-6-1-3-19-12(6)10(17)7-2-4-18-11(7)9/h5,17H,1-4H2,(H3,14,15,16). The second kappa shape index (κ2) is 3.57. The third-order valence-electron chi connectivity index (χ3n) is 3.71. The summed E-state index contributed by atoms with van der Waals surface area (Å²) in [5.74, 6) is 2.00. The van der Waals surface area contributed by atoms with Gasteiger partial charge in [-0.2, -0.15) is 5.10 Å². The SMILES string of the molecule is Nc1[nH]ncc1-c1c2c(c(O)c3c1OCC3)OCC2. The molecule has 1 aromatic heterocycles. The predicted molar refractivity (Wildman–Crippen MR) is 68.5 cm³/mol. The van der Waals surface area contributed by atoms with Gasteiger partial charge in [-0.15, -0.1) is 0 Å². The number of H-pyrrole nitrogens is 1. The Morgan fingerprint density at radius 3 is 2.63 bits per heavy atom. The van der Waals surface area contributed by atoms with E-state index in [4.69, 9.17) is 15.2 Å². The molecule has 2 aromatic rings. The Kier molecular flexibility index (Phi) is 1.98. The third-order valence-corrected chi connectivity index (χ3v) is 3.71. The minimum Gasteiger partial charge on any atom is -0.504 e. The molecule has 0 amide bonds. The summed E-state index contributed by atoms with van der Waals surface area (Å²) in [4.78, 5) is 0. The molecule has 1 aromatic carbocycles. The molecule has 0 spiro atoms. The third kappa shape index (κ3) is 1.28. The Hall–Kier alpha value is -2.37. The molecular formula is C13H13N3O3. The molecule has 6 nitrogen and oxygen atoms in total. The summed E-state index contributed by atoms with van der Waals surface area (Å²) in [5.41, 5.74) is 9.39. The molecule has 2 aliphatic rings. The van der Waals surface area contributed by atoms with Crippen LogP contribution in [0, 0.1) is 0 Å². The fraction of sp³-hybridized carbons (Fsp3) is 0.308. The van der Waals surface area contributed by atoms with Crippen LogP contribution in [-0.4, -0.2) is 28.5 Å². The van der Waals surface area contributed by atoms with Gasteiger partial charge in [-0.1, -0.05) is 0 Å². The highest BCUT2D eigenvalue weighted by molar-refractivity contribution is 5.86. The molecule has 3 heterocycles. The van der Waals surface area contributed by atoms with Gasteiger partial charge in [0.25, 0.3) is 0 Å². The zero-order valence-corrected chi connectivity index (χ0v) is 10.2. The molecule has 0 radical (unpaired) electrons. The second-order valence-electron chi connectivity index (χ2n) is 4.73. The van der Waals surface area contributed by atoms with Gasteiger partial charge in [0.15, 0.2) is 11.5 Å². The zero-order valence-electron chi connectivity index (χ0n) is 10.2. The van der Waals surface area contributed by atoms with Crippen molar-refractivity contribution in [1.82, 2.24) is 10.2 Å². The number of hydrogen-bond acceptors (Lipinski definition) is 5. The number of nitrogens with one attached hydrogen (secondary N) is 1. The number of anilines is 1. The number of nitrogens with zero attached hydrogens (tertiary/aromatic N) is 1. The van der Waals surface area contributed by atoms with Crippen LogP contribution in [0.2, 0.25) is 0 Å². The highest BCUT2D eigenvalue weighted by atomic mass is 16.5. The van der Waals surface area contributed by atoms with Crippen LogP contribution >= 0.6 is 0 Å². The first kappa shape index (κ1) is 10.5. The number of nitrogen functional groups attached to an aromatic ring is 1. The minimum atomic E-state index is 0.214. The van der Waals surface area contributed by atoms with Crippen molar-refractivity contribution in [2.75, 3.05) is 18.9 Å². The molecule has 6 heteroatoms. The molecule has 0 unspecified atom stereocenters. The average molecular weight is 259 g/mol. The van der Waals surface area contributed by atoms with Crippen molar-refractivity contribution >= 4 is 5.82 Å². The van der Waals surface area contributed by atoms with Crippen LogP contribution in [0.25, 0.3) is 11.1 Å². The Balaban J connectivity index is 2.08. The lowest BCUT2D eigenvalue weighted by Crippen LogP contribution is -1.95. The molecule has 0 aliphatic carbocycles. The zero-order chi connectivity index (χ0) is 13.0. The molecule has 2 aliphatic heterocycles. The summed E-state index contributed by atoms with van der Waals surface area (Å²) < 4.78 is 11.3. The van der Waals surface area contributed by atoms with Crippen molar-refractivity contribution in [3.63, 3.8) is 0 Å². The number of benzene rings is 1. The Labute approximate surface area is 109 Å². The van der Waals surface area contributed by atoms with Gasteiger partial charge in [-0.25, -0.2) is 0 Å². The van der Waals surface area contributed by atoms with Crippen LogP contribution in [0.1, 0.15) is 11.1 Å². The van der Waals surface area contributed by atoms with Crippen LogP contribution in [0.4, 0.5) is 5.82 Å². The molecular weight excluding hydrogens is 246 g/mol. The second-order valence-corrected chi connectivity index (χ2v) is 4.73. The maximum Gasteiger partial charge on any atom is 0.165 e. The first-order valence-electron chi connectivity index (χ1n) is 6.23. The van der Waals surface area contributed by atoms with Crippen LogP contribution in [0.3, 0.4) is 0 Å². The number of hydrogen-bond donors (Lipinski definition) is 3. The van der Waals surface area contributed by atoms with Crippen LogP contribution in [0.15, 0.2) is 6.20 Å². The van der Waals surface area contributed by atoms with Gasteiger partial charge in [0.1, 0.15) is 11.6 Å². The summed E-state index contributed by atoms with van der Waals surface area (Å²) in [6, 6.07) is 0. The van der Waals surface area contributed by atoms with Gasteiger partial charge in [-0.3, -0.25) is 5.10 Å². The highest BCUT2D eigenvalue weighted by Crippen LogP contribution is 2.52. The maximum atomic E-state index is 10.3. The number of phenols is 1. The lowest BCUT2D eigenvalue weighted by atomic mass is 9.94. The Morgan fingerprint density at radius 1 is 1.16 bits per heavy atom. The van der Waals surface area contributed by atoms with E-state index in [1.807, 2.05) is 0 Å². The summed E-state index contributed by atoms with van der Waals surface area (Å²) in [7, 11) is 0. The van der Waals surface area contributed by atoms with E-state index in [1.165, 1.54) is 0 Å². The number of nitrogens with two attached hydrogens (primary N) is 1. The first-order valence-corrected chi connectivity index (χ1v) is 6.23. The monoisotopic (exact) mass is 259 g/mol. The summed E-state index contributed by atoms with van der Waals surface area (Å²) in [5, 5.41) is 17.0. The number of phenolic OH excluding ortho intramolecular Hbond substituents is 1. The lowest BCUT2D eigenvalue weighted by molar-refractivity contribution is 0.333. The topological polar surface area (TPSA) is 93.4 Å². The van der Waals surface area contributed by atoms with E-state index in [2.05, 4.69) is 10.2 Å². The largest absolute Gasteiger partial charge is 0.504 e. The number of fused-ring (bicyclic) bond motifs is 2. The molecule has 0 bridgehead atoms. The van der Waals surface area contributed by atoms with Crippen LogP contribution in [0.5, 0.6) is 17.2 Å². The summed E-state index contributed by atoms with van der Waals surface area (Å²) in [6.45, 7) is 1.13. The van der Waals surface area contributed by atoms with E-state index >= 15 is 0 Å². The van der Waals surface area contributed by atoms with Gasteiger partial charge >= 0.3 is 0 Å². The fourth-order valence-electron chi connectivity index (χ4n) is 2.86. The predicted octanol–water partition coefficient (Wildman–Crippen LogP) is 1.23. The quantitative estimate of drug-likeness (QED) is 0.716. The van der Waals surface area contributed by atoms with Crippen molar-refractivity contribution in [1.29, 1.82) is 0 Å². The Bertz CT molecular complexity index is 643. The van der Waals surface area contributed by atoms with Crippen LogP contribution < -0.4 is 15.2 Å². The maximum absolute atomic E-state index is 10.3. The first-order chi connectivity index (χ1) is 9.27. The van der Waals surface area contributed by atoms with Crippen molar-refractivity contribution in [2.24, 2.45) is 0 Å². The molecule has 19 heavy (non-hydrogen) atoms. The molecule has 0 saturated heterocycles. The molecule has 4 rings (SSSR count). The summed E-state index contributed by atoms with van der Waals surface area (Å²) >= 11 is 0. The van der Waals surface area contributed by atoms with Gasteiger partial charge in [0.05, 0.1) is 19.4 Å². The molecule has 0 saturated carbocycles. The molecule has 0 fully saturated rings. The smallest absolute Gasteiger partial charge is 0.165 e. The van der Waals surface area contributed by atoms with E-state index in [0.29, 0.717) is 31.2 Å². The van der Waals surface area contributed by atoms with Crippen molar-refractivity contribution in [3.8, 4) is 28.4 Å². The van der Waals surface area contributed by atoms with E-state index in [-0.39, 0.29) is 5.75 Å². The van der Waals surface area contributed by atoms with E-state index in [1.54, 1.807) is 6.20 Å². The van der Waals surface area contributed by atoms with Crippen molar-refractivity contribution < 1.29 is 14.6 Å². The average Bonchev–Trinajstić information content (AvgIpc) is 3.10. The normalized spacial score (nSPS) is 15.8. The Morgan fingerprint density at radius 2 is 1.89 bits per heavy atom. The number of rotatable bonds is 1. The summed E-state index contributed by atoms with van der Waals surface area (Å²) in [6.07, 6.45) is 3.10.